The summed E-state index contributed by atoms with van der Waals surface area (Å²) in [6.45, 7) is 4.20. The minimum atomic E-state index is 0.00519. The Morgan fingerprint density at radius 3 is 2.50 bits per heavy atom. The number of hydrogen-bond acceptors (Lipinski definition) is 3. The average Bonchev–Trinajstić information content (AvgIpc) is 2.19. The van der Waals surface area contributed by atoms with E-state index in [-0.39, 0.29) is 5.91 Å². The molecule has 0 heterocycles. The number of anilines is 1. The minimum absolute atomic E-state index is 0.00519. The van der Waals surface area contributed by atoms with Crippen molar-refractivity contribution in [2.24, 2.45) is 0 Å². The molecule has 1 amide bonds. The van der Waals surface area contributed by atoms with Crippen LogP contribution in [0.3, 0.4) is 0 Å². The maximum atomic E-state index is 11.8. The van der Waals surface area contributed by atoms with Gasteiger partial charge in [0.1, 0.15) is 0 Å². The summed E-state index contributed by atoms with van der Waals surface area (Å²) in [7, 11) is 3.49. The monoisotopic (exact) mass is 238 g/mol. The van der Waals surface area contributed by atoms with Crippen LogP contribution in [0.4, 0.5) is 5.69 Å². The second-order valence-corrected chi connectivity index (χ2v) is 5.74. The molecule has 0 spiro atoms. The fourth-order valence-electron chi connectivity index (χ4n) is 1.28. The highest BCUT2D eigenvalue weighted by Crippen LogP contribution is 2.29. The van der Waals surface area contributed by atoms with Crippen LogP contribution in [0.25, 0.3) is 0 Å². The van der Waals surface area contributed by atoms with Gasteiger partial charge >= 0.3 is 0 Å². The Morgan fingerprint density at radius 1 is 1.38 bits per heavy atom. The number of nitrogens with zero attached hydrogens (tertiary/aromatic N) is 1. The quantitative estimate of drug-likeness (QED) is 0.650. The average molecular weight is 238 g/mol. The van der Waals surface area contributed by atoms with Crippen molar-refractivity contribution >= 4 is 23.4 Å². The van der Waals surface area contributed by atoms with E-state index in [4.69, 9.17) is 5.73 Å². The Bertz CT molecular complexity index is 389. The molecule has 0 fully saturated rings. The van der Waals surface area contributed by atoms with Crippen LogP contribution in [0.5, 0.6) is 0 Å². The van der Waals surface area contributed by atoms with Gasteiger partial charge in [0.25, 0.3) is 5.91 Å². The van der Waals surface area contributed by atoms with Crippen molar-refractivity contribution in [1.82, 2.24) is 4.90 Å². The first-order chi connectivity index (χ1) is 7.41. The van der Waals surface area contributed by atoms with Crippen molar-refractivity contribution in [2.45, 2.75) is 24.0 Å². The number of carbonyl (C=O) groups is 1. The maximum absolute atomic E-state index is 11.8. The first-order valence-electron chi connectivity index (χ1n) is 5.19. The number of hydrogen-bond donors (Lipinski definition) is 1. The summed E-state index contributed by atoms with van der Waals surface area (Å²) in [6.07, 6.45) is 0. The minimum Gasteiger partial charge on any atom is -0.398 e. The highest BCUT2D eigenvalue weighted by molar-refractivity contribution is 8.00. The van der Waals surface area contributed by atoms with E-state index in [2.05, 4.69) is 13.8 Å². The zero-order valence-electron chi connectivity index (χ0n) is 10.2. The molecule has 16 heavy (non-hydrogen) atoms. The van der Waals surface area contributed by atoms with E-state index in [9.17, 15) is 4.79 Å². The molecule has 0 saturated carbocycles. The molecule has 0 saturated heterocycles. The molecule has 0 atom stereocenters. The van der Waals surface area contributed by atoms with Crippen molar-refractivity contribution in [1.29, 1.82) is 0 Å². The zero-order chi connectivity index (χ0) is 12.3. The zero-order valence-corrected chi connectivity index (χ0v) is 11.0. The first-order valence-corrected chi connectivity index (χ1v) is 6.07. The lowest BCUT2D eigenvalue weighted by molar-refractivity contribution is 0.0827. The van der Waals surface area contributed by atoms with E-state index in [1.165, 1.54) is 0 Å². The van der Waals surface area contributed by atoms with E-state index < -0.39 is 0 Å². The predicted octanol–water partition coefficient (Wildman–Crippen LogP) is 2.47. The van der Waals surface area contributed by atoms with Gasteiger partial charge in [0.05, 0.1) is 0 Å². The summed E-state index contributed by atoms with van der Waals surface area (Å²) >= 11 is 1.67. The van der Waals surface area contributed by atoms with Gasteiger partial charge < -0.3 is 10.6 Å². The molecule has 0 aromatic heterocycles. The SMILES string of the molecule is CC(C)Sc1cc(C(=O)N(C)C)ccc1N. The first kappa shape index (κ1) is 12.9. The van der Waals surface area contributed by atoms with Crippen molar-refractivity contribution in [3.05, 3.63) is 23.8 Å². The largest absolute Gasteiger partial charge is 0.398 e. The van der Waals surface area contributed by atoms with Crippen LogP contribution >= 0.6 is 11.8 Å². The van der Waals surface area contributed by atoms with Gasteiger partial charge in [-0.3, -0.25) is 4.79 Å². The summed E-state index contributed by atoms with van der Waals surface area (Å²) in [5.41, 5.74) is 7.28. The van der Waals surface area contributed by atoms with Gasteiger partial charge in [-0.1, -0.05) is 13.8 Å². The molecule has 0 aliphatic heterocycles. The molecule has 2 N–H and O–H groups in total. The fourth-order valence-corrected chi connectivity index (χ4v) is 2.19. The maximum Gasteiger partial charge on any atom is 0.253 e. The van der Waals surface area contributed by atoms with Crippen LogP contribution in [-0.2, 0) is 0 Å². The van der Waals surface area contributed by atoms with Gasteiger partial charge in [-0.05, 0) is 18.2 Å². The van der Waals surface area contributed by atoms with Gasteiger partial charge in [0.15, 0.2) is 0 Å². The molecule has 0 aliphatic carbocycles. The molecule has 1 rings (SSSR count). The lowest BCUT2D eigenvalue weighted by Crippen LogP contribution is -2.21. The highest BCUT2D eigenvalue weighted by Gasteiger charge is 2.11. The van der Waals surface area contributed by atoms with Crippen LogP contribution in [0.15, 0.2) is 23.1 Å². The van der Waals surface area contributed by atoms with Gasteiger partial charge in [0, 0.05) is 35.5 Å². The number of benzene rings is 1. The molecular formula is C12H18N2OS. The van der Waals surface area contributed by atoms with E-state index in [1.54, 1.807) is 42.9 Å². The van der Waals surface area contributed by atoms with Gasteiger partial charge in [0.2, 0.25) is 0 Å². The summed E-state index contributed by atoms with van der Waals surface area (Å²) in [5.74, 6) is 0.00519. The van der Waals surface area contributed by atoms with Crippen LogP contribution in [0.1, 0.15) is 24.2 Å². The lowest BCUT2D eigenvalue weighted by Gasteiger charge is -2.13. The van der Waals surface area contributed by atoms with Crippen molar-refractivity contribution in [2.75, 3.05) is 19.8 Å². The summed E-state index contributed by atoms with van der Waals surface area (Å²) in [4.78, 5) is 14.3. The Morgan fingerprint density at radius 2 is 2.00 bits per heavy atom. The van der Waals surface area contributed by atoms with Crippen LogP contribution in [0.2, 0.25) is 0 Å². The predicted molar refractivity (Wildman–Crippen MR) is 69.9 cm³/mol. The Hall–Kier alpha value is -1.16. The lowest BCUT2D eigenvalue weighted by atomic mass is 10.2. The summed E-state index contributed by atoms with van der Waals surface area (Å²) in [5, 5.41) is 0.451. The highest BCUT2D eigenvalue weighted by atomic mass is 32.2. The standard InChI is InChI=1S/C12H18N2OS/c1-8(2)16-11-7-9(5-6-10(11)13)12(15)14(3)4/h5-8H,13H2,1-4H3. The van der Waals surface area contributed by atoms with Crippen molar-refractivity contribution < 1.29 is 4.79 Å². The fraction of sp³-hybridized carbons (Fsp3) is 0.417. The van der Waals surface area contributed by atoms with Crippen molar-refractivity contribution in [3.63, 3.8) is 0 Å². The van der Waals surface area contributed by atoms with Gasteiger partial charge in [-0.2, -0.15) is 0 Å². The second kappa shape index (κ2) is 5.25. The Labute approximate surface area is 101 Å². The third kappa shape index (κ3) is 3.17. The van der Waals surface area contributed by atoms with E-state index >= 15 is 0 Å². The number of nitrogens with two attached hydrogens (primary N) is 1. The van der Waals surface area contributed by atoms with E-state index in [0.717, 1.165) is 10.6 Å². The molecule has 4 heteroatoms. The number of nitrogen functional groups attached to an aromatic ring is 1. The molecule has 0 radical (unpaired) electrons. The molecule has 3 nitrogen and oxygen atoms in total. The normalized spacial score (nSPS) is 10.6. The van der Waals surface area contributed by atoms with Gasteiger partial charge in [-0.25, -0.2) is 0 Å². The third-order valence-electron chi connectivity index (χ3n) is 2.03. The topological polar surface area (TPSA) is 46.3 Å². The van der Waals surface area contributed by atoms with Gasteiger partial charge in [-0.15, -0.1) is 11.8 Å². The van der Waals surface area contributed by atoms with Crippen LogP contribution < -0.4 is 5.73 Å². The molecular weight excluding hydrogens is 220 g/mol. The van der Waals surface area contributed by atoms with Crippen LogP contribution in [0, 0.1) is 0 Å². The van der Waals surface area contributed by atoms with Crippen molar-refractivity contribution in [3.8, 4) is 0 Å². The summed E-state index contributed by atoms with van der Waals surface area (Å²) in [6, 6.07) is 5.42. The number of rotatable bonds is 3. The molecule has 1 aromatic carbocycles. The smallest absolute Gasteiger partial charge is 0.253 e. The molecule has 88 valence electrons. The third-order valence-corrected chi connectivity index (χ3v) is 3.11. The summed E-state index contributed by atoms with van der Waals surface area (Å²) < 4.78 is 0. The number of thioether (sulfide) groups is 1. The number of carbonyl (C=O) groups excluding carboxylic acids is 1. The Kier molecular flexibility index (Phi) is 4.24. The molecule has 1 aromatic rings. The Balaban J connectivity index is 3.02. The molecule has 0 unspecified atom stereocenters. The molecule has 0 aliphatic rings. The van der Waals surface area contributed by atoms with Crippen LogP contribution in [-0.4, -0.2) is 30.2 Å². The second-order valence-electron chi connectivity index (χ2n) is 4.12. The van der Waals surface area contributed by atoms with E-state index in [1.807, 2.05) is 6.07 Å². The van der Waals surface area contributed by atoms with E-state index in [0.29, 0.717) is 10.8 Å². The molecule has 0 bridgehead atoms. The number of amides is 1.